The lowest BCUT2D eigenvalue weighted by atomic mass is 10.0. The van der Waals surface area contributed by atoms with Gasteiger partial charge in [-0.1, -0.05) is 48.0 Å². The highest BCUT2D eigenvalue weighted by Gasteiger charge is 2.23. The van der Waals surface area contributed by atoms with Gasteiger partial charge in [0, 0.05) is 23.8 Å². The molecule has 0 saturated carbocycles. The van der Waals surface area contributed by atoms with Gasteiger partial charge in [0.2, 0.25) is 0 Å². The SMILES string of the molecule is Cn1cc(C(=O)Nc2cc(Cl)ccc2-c2ccccc2)c(C(F)F)n1. The maximum atomic E-state index is 13.1. The Labute approximate surface area is 148 Å². The van der Waals surface area contributed by atoms with Gasteiger partial charge >= 0.3 is 0 Å². The van der Waals surface area contributed by atoms with Crippen LogP contribution < -0.4 is 5.32 Å². The van der Waals surface area contributed by atoms with E-state index >= 15 is 0 Å². The summed E-state index contributed by atoms with van der Waals surface area (Å²) in [6, 6.07) is 14.4. The standard InChI is InChI=1S/C18H14ClF2N3O/c1-24-10-14(16(23-24)17(20)21)18(25)22-15-9-12(19)7-8-13(15)11-5-3-2-4-6-11/h2-10,17H,1H3,(H,22,25). The number of anilines is 1. The summed E-state index contributed by atoms with van der Waals surface area (Å²) in [6.07, 6.45) is -1.57. The van der Waals surface area contributed by atoms with Gasteiger partial charge in [-0.15, -0.1) is 0 Å². The summed E-state index contributed by atoms with van der Waals surface area (Å²) >= 11 is 6.03. The van der Waals surface area contributed by atoms with E-state index in [1.54, 1.807) is 18.2 Å². The van der Waals surface area contributed by atoms with E-state index < -0.39 is 18.0 Å². The molecule has 0 aliphatic carbocycles. The normalized spacial score (nSPS) is 10.9. The lowest BCUT2D eigenvalue weighted by Gasteiger charge is -2.12. The first kappa shape index (κ1) is 17.1. The monoisotopic (exact) mass is 361 g/mol. The molecule has 0 spiro atoms. The molecule has 1 amide bonds. The Morgan fingerprint density at radius 3 is 2.60 bits per heavy atom. The zero-order chi connectivity index (χ0) is 18.0. The number of alkyl halides is 2. The minimum atomic E-state index is -2.84. The number of amides is 1. The molecule has 0 fully saturated rings. The van der Waals surface area contributed by atoms with E-state index in [9.17, 15) is 13.6 Å². The Morgan fingerprint density at radius 1 is 1.20 bits per heavy atom. The van der Waals surface area contributed by atoms with Crippen LogP contribution in [0.4, 0.5) is 14.5 Å². The minimum absolute atomic E-state index is 0.170. The fourth-order valence-electron chi connectivity index (χ4n) is 2.52. The van der Waals surface area contributed by atoms with Gasteiger partial charge in [0.15, 0.2) is 0 Å². The first-order valence-electron chi connectivity index (χ1n) is 7.43. The van der Waals surface area contributed by atoms with E-state index in [2.05, 4.69) is 10.4 Å². The largest absolute Gasteiger partial charge is 0.321 e. The Balaban J connectivity index is 1.98. The molecule has 3 aromatic rings. The number of nitrogens with zero attached hydrogens (tertiary/aromatic N) is 2. The topological polar surface area (TPSA) is 46.9 Å². The third-order valence-corrected chi connectivity index (χ3v) is 3.86. The molecular weight excluding hydrogens is 348 g/mol. The van der Waals surface area contributed by atoms with Crippen molar-refractivity contribution in [2.24, 2.45) is 7.05 Å². The molecule has 2 aromatic carbocycles. The van der Waals surface area contributed by atoms with Gasteiger partial charge in [-0.05, 0) is 17.7 Å². The van der Waals surface area contributed by atoms with Crippen molar-refractivity contribution < 1.29 is 13.6 Å². The van der Waals surface area contributed by atoms with Crippen LogP contribution in [-0.4, -0.2) is 15.7 Å². The van der Waals surface area contributed by atoms with Crippen molar-refractivity contribution >= 4 is 23.2 Å². The first-order valence-corrected chi connectivity index (χ1v) is 7.81. The maximum absolute atomic E-state index is 13.1. The molecule has 7 heteroatoms. The number of hydrogen-bond donors (Lipinski definition) is 1. The Bertz CT molecular complexity index is 910. The first-order chi connectivity index (χ1) is 12.0. The molecule has 0 bridgehead atoms. The molecule has 0 saturated heterocycles. The number of nitrogens with one attached hydrogen (secondary N) is 1. The molecule has 1 N–H and O–H groups in total. The zero-order valence-electron chi connectivity index (χ0n) is 13.2. The van der Waals surface area contributed by atoms with E-state index in [0.717, 1.165) is 11.1 Å². The van der Waals surface area contributed by atoms with Crippen LogP contribution in [-0.2, 0) is 7.05 Å². The molecule has 0 atom stereocenters. The number of aromatic nitrogens is 2. The highest BCUT2D eigenvalue weighted by Crippen LogP contribution is 2.31. The van der Waals surface area contributed by atoms with E-state index in [-0.39, 0.29) is 5.56 Å². The molecule has 0 unspecified atom stereocenters. The van der Waals surface area contributed by atoms with Crippen molar-refractivity contribution in [1.82, 2.24) is 9.78 Å². The van der Waals surface area contributed by atoms with Crippen molar-refractivity contribution in [3.05, 3.63) is 71.0 Å². The van der Waals surface area contributed by atoms with Crippen LogP contribution in [0.25, 0.3) is 11.1 Å². The Hall–Kier alpha value is -2.73. The van der Waals surface area contributed by atoms with Gasteiger partial charge in [-0.3, -0.25) is 9.48 Å². The van der Waals surface area contributed by atoms with Gasteiger partial charge in [0.1, 0.15) is 5.69 Å². The summed E-state index contributed by atoms with van der Waals surface area (Å²) in [5.41, 5.74) is 1.32. The van der Waals surface area contributed by atoms with Crippen molar-refractivity contribution in [3.63, 3.8) is 0 Å². The summed E-state index contributed by atoms with van der Waals surface area (Å²) in [6.45, 7) is 0. The van der Waals surface area contributed by atoms with Crippen LogP contribution >= 0.6 is 11.6 Å². The van der Waals surface area contributed by atoms with Crippen LogP contribution in [0, 0.1) is 0 Å². The van der Waals surface area contributed by atoms with E-state index in [0.29, 0.717) is 10.7 Å². The smallest absolute Gasteiger partial charge is 0.282 e. The van der Waals surface area contributed by atoms with E-state index in [1.165, 1.54) is 17.9 Å². The van der Waals surface area contributed by atoms with Gasteiger partial charge in [0.25, 0.3) is 12.3 Å². The fraction of sp³-hybridized carbons (Fsp3) is 0.111. The second-order valence-corrected chi connectivity index (χ2v) is 5.85. The second kappa shape index (κ2) is 7.03. The lowest BCUT2D eigenvalue weighted by molar-refractivity contribution is 0.101. The zero-order valence-corrected chi connectivity index (χ0v) is 14.0. The number of aryl methyl sites for hydroxylation is 1. The van der Waals surface area contributed by atoms with Crippen molar-refractivity contribution in [3.8, 4) is 11.1 Å². The third kappa shape index (κ3) is 3.69. The van der Waals surface area contributed by atoms with Crippen molar-refractivity contribution in [2.45, 2.75) is 6.43 Å². The lowest BCUT2D eigenvalue weighted by Crippen LogP contribution is -2.14. The molecule has 0 radical (unpaired) electrons. The molecule has 25 heavy (non-hydrogen) atoms. The number of carbonyl (C=O) groups is 1. The summed E-state index contributed by atoms with van der Waals surface area (Å²) in [5, 5.41) is 6.74. The average Bonchev–Trinajstić information content (AvgIpc) is 2.98. The Morgan fingerprint density at radius 2 is 1.92 bits per heavy atom. The average molecular weight is 362 g/mol. The molecular formula is C18H14ClF2N3O. The molecule has 0 aliphatic rings. The van der Waals surface area contributed by atoms with E-state index in [4.69, 9.17) is 11.6 Å². The summed E-state index contributed by atoms with van der Waals surface area (Å²) < 4.78 is 27.3. The number of hydrogen-bond acceptors (Lipinski definition) is 2. The number of carbonyl (C=O) groups excluding carboxylic acids is 1. The predicted octanol–water partition coefficient (Wildman–Crippen LogP) is 4.93. The van der Waals surface area contributed by atoms with Gasteiger partial charge < -0.3 is 5.32 Å². The molecule has 1 heterocycles. The van der Waals surface area contributed by atoms with Crippen LogP contribution in [0.15, 0.2) is 54.7 Å². The highest BCUT2D eigenvalue weighted by molar-refractivity contribution is 6.31. The predicted molar refractivity (Wildman–Crippen MR) is 93.0 cm³/mol. The van der Waals surface area contributed by atoms with Crippen LogP contribution in [0.1, 0.15) is 22.5 Å². The molecule has 128 valence electrons. The second-order valence-electron chi connectivity index (χ2n) is 5.41. The summed E-state index contributed by atoms with van der Waals surface area (Å²) in [4.78, 5) is 12.5. The third-order valence-electron chi connectivity index (χ3n) is 3.62. The van der Waals surface area contributed by atoms with Crippen LogP contribution in [0.5, 0.6) is 0 Å². The molecule has 1 aromatic heterocycles. The van der Waals surface area contributed by atoms with Gasteiger partial charge in [-0.25, -0.2) is 8.78 Å². The fourth-order valence-corrected chi connectivity index (χ4v) is 2.69. The van der Waals surface area contributed by atoms with Crippen LogP contribution in [0.2, 0.25) is 5.02 Å². The summed E-state index contributed by atoms with van der Waals surface area (Å²) in [5.74, 6) is -0.664. The summed E-state index contributed by atoms with van der Waals surface area (Å²) in [7, 11) is 1.48. The van der Waals surface area contributed by atoms with Crippen LogP contribution in [0.3, 0.4) is 0 Å². The molecule has 4 nitrogen and oxygen atoms in total. The number of halogens is 3. The molecule has 3 rings (SSSR count). The number of rotatable bonds is 4. The maximum Gasteiger partial charge on any atom is 0.282 e. The van der Waals surface area contributed by atoms with Crippen molar-refractivity contribution in [1.29, 1.82) is 0 Å². The van der Waals surface area contributed by atoms with Gasteiger partial charge in [-0.2, -0.15) is 5.10 Å². The highest BCUT2D eigenvalue weighted by atomic mass is 35.5. The minimum Gasteiger partial charge on any atom is -0.321 e. The Kier molecular flexibility index (Phi) is 4.81. The van der Waals surface area contributed by atoms with Crippen molar-refractivity contribution in [2.75, 3.05) is 5.32 Å². The number of benzene rings is 2. The van der Waals surface area contributed by atoms with Gasteiger partial charge in [0.05, 0.1) is 11.3 Å². The molecule has 0 aliphatic heterocycles. The quantitative estimate of drug-likeness (QED) is 0.716. The van der Waals surface area contributed by atoms with E-state index in [1.807, 2.05) is 30.3 Å².